The molecule has 2 rings (SSSR count). The fraction of sp³-hybridized carbons (Fsp3) is 0.462. The second kappa shape index (κ2) is 5.80. The molecule has 4 heteroatoms. The van der Waals surface area contributed by atoms with E-state index >= 15 is 0 Å². The van der Waals surface area contributed by atoms with Gasteiger partial charge in [0.15, 0.2) is 0 Å². The van der Waals surface area contributed by atoms with Gasteiger partial charge in [-0.3, -0.25) is 4.79 Å². The summed E-state index contributed by atoms with van der Waals surface area (Å²) < 4.78 is 4.92. The van der Waals surface area contributed by atoms with Gasteiger partial charge in [-0.15, -0.1) is 0 Å². The molecular formula is C13H18N2O2. The number of nitrogens with one attached hydrogen (secondary N) is 2. The number of benzene rings is 1. The van der Waals surface area contributed by atoms with E-state index in [0.717, 1.165) is 25.1 Å². The van der Waals surface area contributed by atoms with Crippen LogP contribution in [0.15, 0.2) is 18.2 Å². The summed E-state index contributed by atoms with van der Waals surface area (Å²) in [5.41, 5.74) is 3.22. The van der Waals surface area contributed by atoms with Crippen molar-refractivity contribution in [2.24, 2.45) is 0 Å². The summed E-state index contributed by atoms with van der Waals surface area (Å²) in [6.45, 7) is 2.89. The first-order valence-corrected chi connectivity index (χ1v) is 5.91. The van der Waals surface area contributed by atoms with Gasteiger partial charge in [0, 0.05) is 25.8 Å². The Morgan fingerprint density at radius 1 is 1.53 bits per heavy atom. The minimum absolute atomic E-state index is 0.000741. The number of carbonyl (C=O) groups is 1. The van der Waals surface area contributed by atoms with Crippen molar-refractivity contribution in [3.63, 3.8) is 0 Å². The third-order valence-electron chi connectivity index (χ3n) is 2.98. The highest BCUT2D eigenvalue weighted by Crippen LogP contribution is 2.18. The molecule has 1 aliphatic rings. The lowest BCUT2D eigenvalue weighted by Gasteiger charge is -2.19. The zero-order chi connectivity index (χ0) is 12.1. The fourth-order valence-corrected chi connectivity index (χ4v) is 2.11. The molecule has 17 heavy (non-hydrogen) atoms. The number of methoxy groups -OCH3 is 1. The zero-order valence-electron chi connectivity index (χ0n) is 10.1. The monoisotopic (exact) mass is 234 g/mol. The minimum Gasteiger partial charge on any atom is -0.383 e. The predicted molar refractivity (Wildman–Crippen MR) is 66.1 cm³/mol. The Labute approximate surface area is 101 Å². The van der Waals surface area contributed by atoms with Crippen LogP contribution in [0, 0.1) is 0 Å². The molecule has 0 bridgehead atoms. The lowest BCUT2D eigenvalue weighted by atomic mass is 9.95. The topological polar surface area (TPSA) is 50.4 Å². The summed E-state index contributed by atoms with van der Waals surface area (Å²) in [5, 5.41) is 6.17. The molecule has 0 saturated heterocycles. The van der Waals surface area contributed by atoms with Crippen LogP contribution in [-0.4, -0.2) is 32.7 Å². The molecule has 2 N–H and O–H groups in total. The molecule has 0 aromatic heterocycles. The smallest absolute Gasteiger partial charge is 0.251 e. The van der Waals surface area contributed by atoms with E-state index < -0.39 is 0 Å². The maximum Gasteiger partial charge on any atom is 0.251 e. The van der Waals surface area contributed by atoms with Crippen LogP contribution < -0.4 is 10.6 Å². The summed E-state index contributed by atoms with van der Waals surface area (Å²) in [5.74, 6) is 0.000741. The number of hydrogen-bond acceptors (Lipinski definition) is 3. The predicted octanol–water partition coefficient (Wildman–Crippen LogP) is 0.708. The Hall–Kier alpha value is -1.39. The number of hydrogen-bond donors (Lipinski definition) is 2. The first-order valence-electron chi connectivity index (χ1n) is 5.91. The van der Waals surface area contributed by atoms with Crippen molar-refractivity contribution in [1.29, 1.82) is 0 Å². The SMILES string of the molecule is COCCNC(=O)c1cccc2c1CCNC2. The Bertz CT molecular complexity index is 404. The van der Waals surface area contributed by atoms with Crippen LogP contribution in [0.4, 0.5) is 0 Å². The van der Waals surface area contributed by atoms with Crippen LogP contribution >= 0.6 is 0 Å². The Morgan fingerprint density at radius 2 is 2.41 bits per heavy atom. The Morgan fingerprint density at radius 3 is 3.24 bits per heavy atom. The second-order valence-electron chi connectivity index (χ2n) is 4.12. The van der Waals surface area contributed by atoms with Gasteiger partial charge in [0.05, 0.1) is 6.61 Å². The quantitative estimate of drug-likeness (QED) is 0.754. The van der Waals surface area contributed by atoms with Crippen molar-refractivity contribution < 1.29 is 9.53 Å². The number of amides is 1. The molecule has 0 spiro atoms. The van der Waals surface area contributed by atoms with Crippen molar-refractivity contribution in [2.75, 3.05) is 26.8 Å². The molecule has 0 radical (unpaired) electrons. The normalized spacial score (nSPS) is 14.2. The largest absolute Gasteiger partial charge is 0.383 e. The maximum atomic E-state index is 12.0. The fourth-order valence-electron chi connectivity index (χ4n) is 2.11. The third kappa shape index (κ3) is 2.84. The van der Waals surface area contributed by atoms with Crippen LogP contribution in [0.25, 0.3) is 0 Å². The molecule has 0 unspecified atom stereocenters. The van der Waals surface area contributed by atoms with E-state index in [1.54, 1.807) is 7.11 Å². The van der Waals surface area contributed by atoms with E-state index in [9.17, 15) is 4.79 Å². The lowest BCUT2D eigenvalue weighted by molar-refractivity contribution is 0.0936. The van der Waals surface area contributed by atoms with E-state index in [0.29, 0.717) is 13.2 Å². The number of ether oxygens (including phenoxy) is 1. The van der Waals surface area contributed by atoms with Crippen molar-refractivity contribution in [3.05, 3.63) is 34.9 Å². The molecule has 1 aromatic carbocycles. The average Bonchev–Trinajstić information content (AvgIpc) is 2.38. The Balaban J connectivity index is 2.12. The van der Waals surface area contributed by atoms with Crippen LogP contribution in [0.5, 0.6) is 0 Å². The summed E-state index contributed by atoms with van der Waals surface area (Å²) in [6.07, 6.45) is 0.920. The molecule has 1 amide bonds. The van der Waals surface area contributed by atoms with Gasteiger partial charge in [0.2, 0.25) is 0 Å². The first kappa shape index (κ1) is 12.1. The highest BCUT2D eigenvalue weighted by atomic mass is 16.5. The lowest BCUT2D eigenvalue weighted by Crippen LogP contribution is -2.31. The summed E-state index contributed by atoms with van der Waals surface area (Å²) >= 11 is 0. The van der Waals surface area contributed by atoms with Gasteiger partial charge in [-0.2, -0.15) is 0 Å². The molecule has 0 atom stereocenters. The molecular weight excluding hydrogens is 216 g/mol. The number of fused-ring (bicyclic) bond motifs is 1. The minimum atomic E-state index is 0.000741. The van der Waals surface area contributed by atoms with Crippen LogP contribution in [-0.2, 0) is 17.7 Å². The van der Waals surface area contributed by atoms with Gasteiger partial charge in [-0.25, -0.2) is 0 Å². The highest BCUT2D eigenvalue weighted by molar-refractivity contribution is 5.96. The van der Waals surface area contributed by atoms with Crippen molar-refractivity contribution >= 4 is 5.91 Å². The van der Waals surface area contributed by atoms with Crippen LogP contribution in [0.2, 0.25) is 0 Å². The molecule has 1 aliphatic heterocycles. The van der Waals surface area contributed by atoms with Crippen molar-refractivity contribution in [2.45, 2.75) is 13.0 Å². The average molecular weight is 234 g/mol. The third-order valence-corrected chi connectivity index (χ3v) is 2.98. The molecule has 4 nitrogen and oxygen atoms in total. The van der Waals surface area contributed by atoms with Gasteiger partial charge in [-0.1, -0.05) is 12.1 Å². The van der Waals surface area contributed by atoms with E-state index in [2.05, 4.69) is 16.7 Å². The summed E-state index contributed by atoms with van der Waals surface area (Å²) in [4.78, 5) is 12.0. The van der Waals surface area contributed by atoms with Crippen molar-refractivity contribution in [1.82, 2.24) is 10.6 Å². The number of rotatable bonds is 4. The molecule has 0 fully saturated rings. The van der Waals surface area contributed by atoms with Crippen LogP contribution in [0.3, 0.4) is 0 Å². The molecule has 1 aromatic rings. The number of carbonyl (C=O) groups excluding carboxylic acids is 1. The Kier molecular flexibility index (Phi) is 4.12. The van der Waals surface area contributed by atoms with Crippen LogP contribution in [0.1, 0.15) is 21.5 Å². The molecule has 0 aliphatic carbocycles. The van der Waals surface area contributed by atoms with E-state index in [1.807, 2.05) is 12.1 Å². The van der Waals surface area contributed by atoms with Gasteiger partial charge in [0.25, 0.3) is 5.91 Å². The second-order valence-corrected chi connectivity index (χ2v) is 4.12. The van der Waals surface area contributed by atoms with Crippen molar-refractivity contribution in [3.8, 4) is 0 Å². The van der Waals surface area contributed by atoms with Gasteiger partial charge in [-0.05, 0) is 30.2 Å². The zero-order valence-corrected chi connectivity index (χ0v) is 10.1. The standard InChI is InChI=1S/C13H18N2O2/c1-17-8-7-15-13(16)12-4-2-3-10-9-14-6-5-11(10)12/h2-4,14H,5-9H2,1H3,(H,15,16). The molecule has 0 saturated carbocycles. The van der Waals surface area contributed by atoms with Gasteiger partial charge in [0.1, 0.15) is 0 Å². The summed E-state index contributed by atoms with van der Waals surface area (Å²) in [7, 11) is 1.63. The van der Waals surface area contributed by atoms with E-state index in [1.165, 1.54) is 11.1 Å². The van der Waals surface area contributed by atoms with E-state index in [4.69, 9.17) is 4.74 Å². The highest BCUT2D eigenvalue weighted by Gasteiger charge is 2.16. The van der Waals surface area contributed by atoms with Gasteiger partial charge >= 0.3 is 0 Å². The molecule has 92 valence electrons. The van der Waals surface area contributed by atoms with Gasteiger partial charge < -0.3 is 15.4 Å². The summed E-state index contributed by atoms with van der Waals surface area (Å²) in [6, 6.07) is 5.91. The first-order chi connectivity index (χ1) is 8.33. The molecule has 1 heterocycles. The maximum absolute atomic E-state index is 12.0. The van der Waals surface area contributed by atoms with E-state index in [-0.39, 0.29) is 5.91 Å².